The van der Waals surface area contributed by atoms with Crippen molar-refractivity contribution in [3.63, 3.8) is 0 Å². The lowest BCUT2D eigenvalue weighted by Gasteiger charge is -2.10. The summed E-state index contributed by atoms with van der Waals surface area (Å²) in [7, 11) is 0. The molecule has 0 saturated heterocycles. The summed E-state index contributed by atoms with van der Waals surface area (Å²) in [5, 5.41) is 13.5. The van der Waals surface area contributed by atoms with Crippen molar-refractivity contribution in [3.05, 3.63) is 65.9 Å². The smallest absolute Gasteiger partial charge is 0.337 e. The topological polar surface area (TPSA) is 65.1 Å². The van der Waals surface area contributed by atoms with Gasteiger partial charge in [-0.15, -0.1) is 0 Å². The molecule has 0 atom stereocenters. The Bertz CT molecular complexity index is 762. The van der Waals surface area contributed by atoms with E-state index in [1.807, 2.05) is 36.5 Å². The first-order valence-corrected chi connectivity index (χ1v) is 6.37. The first-order chi connectivity index (χ1) is 9.75. The van der Waals surface area contributed by atoms with Gasteiger partial charge in [-0.1, -0.05) is 24.3 Å². The number of H-pyrrole nitrogens is 1. The highest BCUT2D eigenvalue weighted by molar-refractivity contribution is 5.94. The molecule has 0 amide bonds. The molecule has 3 aromatic rings. The minimum absolute atomic E-state index is 0.286. The number of benzene rings is 2. The Kier molecular flexibility index (Phi) is 3.13. The van der Waals surface area contributed by atoms with Crippen LogP contribution in [0.5, 0.6) is 0 Å². The van der Waals surface area contributed by atoms with Gasteiger partial charge in [0.2, 0.25) is 0 Å². The molecule has 4 nitrogen and oxygen atoms in total. The van der Waals surface area contributed by atoms with Gasteiger partial charge in [0.25, 0.3) is 0 Å². The number of aromatic carboxylic acids is 1. The Morgan fingerprint density at radius 2 is 1.95 bits per heavy atom. The summed E-state index contributed by atoms with van der Waals surface area (Å²) in [6.45, 7) is 0.583. The molecular weight excluding hydrogens is 252 g/mol. The van der Waals surface area contributed by atoms with Crippen LogP contribution in [0, 0.1) is 0 Å². The summed E-state index contributed by atoms with van der Waals surface area (Å²) in [4.78, 5) is 14.3. The Labute approximate surface area is 116 Å². The number of hydrogen-bond donors (Lipinski definition) is 3. The lowest BCUT2D eigenvalue weighted by atomic mass is 10.1. The third-order valence-corrected chi connectivity index (χ3v) is 3.31. The molecule has 0 spiro atoms. The van der Waals surface area contributed by atoms with Crippen molar-refractivity contribution in [2.24, 2.45) is 0 Å². The molecule has 0 aliphatic heterocycles. The fourth-order valence-corrected chi connectivity index (χ4v) is 2.32. The molecule has 20 heavy (non-hydrogen) atoms. The van der Waals surface area contributed by atoms with Crippen molar-refractivity contribution in [3.8, 4) is 0 Å². The summed E-state index contributed by atoms with van der Waals surface area (Å²) < 4.78 is 0. The van der Waals surface area contributed by atoms with Crippen LogP contribution in [-0.2, 0) is 6.54 Å². The molecule has 0 saturated carbocycles. The Balaban J connectivity index is 1.87. The summed E-state index contributed by atoms with van der Waals surface area (Å²) in [5.74, 6) is -0.923. The van der Waals surface area contributed by atoms with Crippen molar-refractivity contribution >= 4 is 22.6 Å². The van der Waals surface area contributed by atoms with E-state index in [2.05, 4.69) is 10.3 Å². The lowest BCUT2D eigenvalue weighted by molar-refractivity contribution is 0.0698. The van der Waals surface area contributed by atoms with Gasteiger partial charge in [-0.25, -0.2) is 4.79 Å². The first-order valence-electron chi connectivity index (χ1n) is 6.37. The molecule has 0 bridgehead atoms. The van der Waals surface area contributed by atoms with E-state index >= 15 is 0 Å². The van der Waals surface area contributed by atoms with E-state index in [1.165, 1.54) is 0 Å². The standard InChI is InChI=1S/C16H14N2O2/c19-16(20)13-5-1-2-6-15(13)18-10-11-4-3-7-14-12(11)8-9-17-14/h1-9,17-18H,10H2,(H,19,20). The second kappa shape index (κ2) is 5.09. The highest BCUT2D eigenvalue weighted by Gasteiger charge is 2.09. The van der Waals surface area contributed by atoms with E-state index in [9.17, 15) is 4.79 Å². The molecule has 100 valence electrons. The van der Waals surface area contributed by atoms with Crippen LogP contribution in [0.2, 0.25) is 0 Å². The number of fused-ring (bicyclic) bond motifs is 1. The van der Waals surface area contributed by atoms with Crippen molar-refractivity contribution in [1.29, 1.82) is 0 Å². The molecule has 0 unspecified atom stereocenters. The maximum Gasteiger partial charge on any atom is 0.337 e. The van der Waals surface area contributed by atoms with Gasteiger partial charge >= 0.3 is 5.97 Å². The van der Waals surface area contributed by atoms with Crippen molar-refractivity contribution in [2.75, 3.05) is 5.32 Å². The van der Waals surface area contributed by atoms with Crippen molar-refractivity contribution in [1.82, 2.24) is 4.98 Å². The van der Waals surface area contributed by atoms with Crippen LogP contribution < -0.4 is 5.32 Å². The number of nitrogens with one attached hydrogen (secondary N) is 2. The number of carboxylic acid groups (broad SMARTS) is 1. The van der Waals surface area contributed by atoms with Gasteiger partial charge in [0.1, 0.15) is 0 Å². The number of aromatic nitrogens is 1. The van der Waals surface area contributed by atoms with Crippen LogP contribution >= 0.6 is 0 Å². The van der Waals surface area contributed by atoms with Crippen molar-refractivity contribution in [2.45, 2.75) is 6.54 Å². The fourth-order valence-electron chi connectivity index (χ4n) is 2.32. The highest BCUT2D eigenvalue weighted by atomic mass is 16.4. The maximum atomic E-state index is 11.2. The minimum atomic E-state index is -0.923. The van der Waals surface area contributed by atoms with E-state index < -0.39 is 5.97 Å². The molecule has 2 aromatic carbocycles. The van der Waals surface area contributed by atoms with E-state index in [4.69, 9.17) is 5.11 Å². The summed E-state index contributed by atoms with van der Waals surface area (Å²) >= 11 is 0. The average Bonchev–Trinajstić information content (AvgIpc) is 2.94. The molecule has 0 aliphatic rings. The normalized spacial score (nSPS) is 10.6. The van der Waals surface area contributed by atoms with E-state index in [1.54, 1.807) is 18.2 Å². The fraction of sp³-hybridized carbons (Fsp3) is 0.0625. The maximum absolute atomic E-state index is 11.2. The van der Waals surface area contributed by atoms with E-state index in [0.29, 0.717) is 12.2 Å². The number of carbonyl (C=O) groups is 1. The number of aromatic amines is 1. The van der Waals surface area contributed by atoms with Crippen molar-refractivity contribution < 1.29 is 9.90 Å². The molecule has 4 heteroatoms. The molecule has 1 heterocycles. The highest BCUT2D eigenvalue weighted by Crippen LogP contribution is 2.20. The number of carboxylic acids is 1. The number of hydrogen-bond acceptors (Lipinski definition) is 2. The van der Waals surface area contributed by atoms with E-state index in [-0.39, 0.29) is 5.56 Å². The van der Waals surface area contributed by atoms with Crippen LogP contribution in [0.3, 0.4) is 0 Å². The average molecular weight is 266 g/mol. The predicted octanol–water partition coefficient (Wildman–Crippen LogP) is 3.48. The summed E-state index contributed by atoms with van der Waals surface area (Å²) in [5.41, 5.74) is 3.13. The first kappa shape index (κ1) is 12.3. The van der Waals surface area contributed by atoms with Crippen LogP contribution in [0.25, 0.3) is 10.9 Å². The Hall–Kier alpha value is -2.75. The van der Waals surface area contributed by atoms with Gasteiger partial charge in [0.15, 0.2) is 0 Å². The van der Waals surface area contributed by atoms with Gasteiger partial charge < -0.3 is 15.4 Å². The number of rotatable bonds is 4. The largest absolute Gasteiger partial charge is 0.478 e. The quantitative estimate of drug-likeness (QED) is 0.677. The third-order valence-electron chi connectivity index (χ3n) is 3.31. The molecular formula is C16H14N2O2. The zero-order valence-corrected chi connectivity index (χ0v) is 10.8. The zero-order valence-electron chi connectivity index (χ0n) is 10.8. The van der Waals surface area contributed by atoms with Crippen LogP contribution in [0.15, 0.2) is 54.7 Å². The summed E-state index contributed by atoms with van der Waals surface area (Å²) in [6, 6.07) is 15.0. The van der Waals surface area contributed by atoms with E-state index in [0.717, 1.165) is 16.5 Å². The predicted molar refractivity (Wildman–Crippen MR) is 79.0 cm³/mol. The minimum Gasteiger partial charge on any atom is -0.478 e. The molecule has 3 N–H and O–H groups in total. The van der Waals surface area contributed by atoms with Gasteiger partial charge in [-0.2, -0.15) is 0 Å². The summed E-state index contributed by atoms with van der Waals surface area (Å²) in [6.07, 6.45) is 1.90. The number of anilines is 1. The van der Waals surface area contributed by atoms with Crippen LogP contribution in [0.4, 0.5) is 5.69 Å². The Morgan fingerprint density at radius 1 is 1.10 bits per heavy atom. The second-order valence-electron chi connectivity index (χ2n) is 4.56. The zero-order chi connectivity index (χ0) is 13.9. The SMILES string of the molecule is O=C(O)c1ccccc1NCc1cccc2[nH]ccc12. The van der Waals surface area contributed by atoms with Gasteiger partial charge in [0.05, 0.1) is 5.56 Å². The molecule has 0 radical (unpaired) electrons. The second-order valence-corrected chi connectivity index (χ2v) is 4.56. The van der Waals surface area contributed by atoms with Crippen LogP contribution in [0.1, 0.15) is 15.9 Å². The lowest BCUT2D eigenvalue weighted by Crippen LogP contribution is -2.06. The molecule has 1 aromatic heterocycles. The molecule has 0 aliphatic carbocycles. The van der Waals surface area contributed by atoms with Gasteiger partial charge in [-0.05, 0) is 29.8 Å². The monoisotopic (exact) mass is 266 g/mol. The van der Waals surface area contributed by atoms with Gasteiger partial charge in [0, 0.05) is 29.3 Å². The molecule has 3 rings (SSSR count). The van der Waals surface area contributed by atoms with Crippen LogP contribution in [-0.4, -0.2) is 16.1 Å². The third kappa shape index (κ3) is 2.23. The molecule has 0 fully saturated rings. The number of para-hydroxylation sites is 1. The Morgan fingerprint density at radius 3 is 2.80 bits per heavy atom. The van der Waals surface area contributed by atoms with Gasteiger partial charge in [-0.3, -0.25) is 0 Å².